The minimum absolute atomic E-state index is 0.1000. The van der Waals surface area contributed by atoms with Crippen molar-refractivity contribution in [2.24, 2.45) is 0 Å². The van der Waals surface area contributed by atoms with E-state index in [0.29, 0.717) is 37.4 Å². The Hall–Kier alpha value is -4.18. The van der Waals surface area contributed by atoms with E-state index in [9.17, 15) is 23.2 Å². The predicted octanol–water partition coefficient (Wildman–Crippen LogP) is 3.35. The van der Waals surface area contributed by atoms with Gasteiger partial charge in [-0.2, -0.15) is 23.2 Å². The van der Waals surface area contributed by atoms with E-state index in [1.165, 1.54) is 17.8 Å². The van der Waals surface area contributed by atoms with E-state index < -0.39 is 12.1 Å². The van der Waals surface area contributed by atoms with Crippen LogP contribution in [-0.2, 0) is 16.1 Å². The molecule has 2 aliphatic heterocycles. The molecule has 0 radical (unpaired) electrons. The summed E-state index contributed by atoms with van der Waals surface area (Å²) < 4.78 is 45.8. The molecule has 12 heteroatoms. The Morgan fingerprint density at radius 3 is 2.49 bits per heavy atom. The number of halogens is 3. The highest BCUT2D eigenvalue weighted by atomic mass is 19.4. The zero-order chi connectivity index (χ0) is 28.8. The number of carbonyl (C=O) groups is 1. The molecule has 0 spiro atoms. The standard InChI is InChI=1S/C29H29F3N6O3/c30-29(31,32)28(39)41-38-26(18-24(19-33)27(38)37-11-9-34-10-12-37)23-7-8-35-25(17-23)6-5-21-1-3-22(4-2-21)20-36-13-15-40-16-14-36/h1-8,17-18,34H,9-16,20H2. The van der Waals surface area contributed by atoms with Crippen LogP contribution in [0.25, 0.3) is 23.4 Å². The van der Waals surface area contributed by atoms with Crippen molar-refractivity contribution in [3.05, 3.63) is 71.0 Å². The van der Waals surface area contributed by atoms with Gasteiger partial charge in [0.25, 0.3) is 0 Å². The largest absolute Gasteiger partial charge is 0.493 e. The Morgan fingerprint density at radius 1 is 1.07 bits per heavy atom. The first kappa shape index (κ1) is 28.4. The molecular weight excluding hydrogens is 537 g/mol. The number of nitrogens with zero attached hydrogens (tertiary/aromatic N) is 5. The fourth-order valence-corrected chi connectivity index (χ4v) is 4.80. The molecule has 0 bridgehead atoms. The van der Waals surface area contributed by atoms with Crippen molar-refractivity contribution in [1.82, 2.24) is 19.9 Å². The van der Waals surface area contributed by atoms with Crippen LogP contribution in [0, 0.1) is 11.3 Å². The number of pyridine rings is 1. The van der Waals surface area contributed by atoms with Gasteiger partial charge >= 0.3 is 12.1 Å². The number of alkyl halides is 3. The zero-order valence-electron chi connectivity index (χ0n) is 22.2. The Balaban J connectivity index is 1.41. The van der Waals surface area contributed by atoms with Crippen molar-refractivity contribution in [3.8, 4) is 17.3 Å². The van der Waals surface area contributed by atoms with Gasteiger partial charge in [0.1, 0.15) is 6.07 Å². The van der Waals surface area contributed by atoms with E-state index in [1.54, 1.807) is 23.1 Å². The number of hydrogen-bond acceptors (Lipinski definition) is 8. The third-order valence-electron chi connectivity index (χ3n) is 6.89. The number of hydrogen-bond donors (Lipinski definition) is 1. The number of ether oxygens (including phenoxy) is 1. The van der Waals surface area contributed by atoms with E-state index in [4.69, 9.17) is 9.57 Å². The Morgan fingerprint density at radius 2 is 1.80 bits per heavy atom. The summed E-state index contributed by atoms with van der Waals surface area (Å²) in [7, 11) is 0. The van der Waals surface area contributed by atoms with Gasteiger partial charge in [0.05, 0.1) is 30.2 Å². The zero-order valence-corrected chi connectivity index (χ0v) is 22.2. The van der Waals surface area contributed by atoms with Crippen molar-refractivity contribution >= 4 is 23.9 Å². The van der Waals surface area contributed by atoms with E-state index >= 15 is 0 Å². The quantitative estimate of drug-likeness (QED) is 0.466. The van der Waals surface area contributed by atoms with Crippen molar-refractivity contribution in [3.63, 3.8) is 0 Å². The first-order valence-electron chi connectivity index (χ1n) is 13.3. The van der Waals surface area contributed by atoms with Gasteiger partial charge < -0.3 is 19.8 Å². The second kappa shape index (κ2) is 12.6. The minimum atomic E-state index is -5.21. The van der Waals surface area contributed by atoms with Crippen molar-refractivity contribution in [1.29, 1.82) is 5.26 Å². The van der Waals surface area contributed by atoms with Crippen LogP contribution in [0.15, 0.2) is 48.7 Å². The van der Waals surface area contributed by atoms with Crippen LogP contribution >= 0.6 is 0 Å². The van der Waals surface area contributed by atoms with Gasteiger partial charge in [-0.3, -0.25) is 9.88 Å². The molecule has 1 N–H and O–H groups in total. The summed E-state index contributed by atoms with van der Waals surface area (Å²) in [6.07, 6.45) is -0.0169. The summed E-state index contributed by atoms with van der Waals surface area (Å²) in [6, 6.07) is 14.9. The lowest BCUT2D eigenvalue weighted by Crippen LogP contribution is -2.45. The number of rotatable bonds is 7. The van der Waals surface area contributed by atoms with E-state index in [-0.39, 0.29) is 17.1 Å². The second-order valence-corrected chi connectivity index (χ2v) is 9.72. The third kappa shape index (κ3) is 6.94. The van der Waals surface area contributed by atoms with Gasteiger partial charge in [-0.25, -0.2) is 4.79 Å². The molecule has 0 saturated carbocycles. The number of benzene rings is 1. The number of nitriles is 1. The summed E-state index contributed by atoms with van der Waals surface area (Å²) in [5, 5.41) is 13.0. The van der Waals surface area contributed by atoms with Crippen LogP contribution < -0.4 is 15.1 Å². The van der Waals surface area contributed by atoms with Crippen LogP contribution in [0.4, 0.5) is 19.0 Å². The van der Waals surface area contributed by atoms with Crippen molar-refractivity contribution < 1.29 is 27.5 Å². The Bertz CT molecular complexity index is 1430. The minimum Gasteiger partial charge on any atom is -0.379 e. The molecule has 3 aromatic rings. The molecule has 0 unspecified atom stereocenters. The van der Waals surface area contributed by atoms with Gasteiger partial charge in [0.2, 0.25) is 0 Å². The number of piperazine rings is 1. The fourth-order valence-electron chi connectivity index (χ4n) is 4.80. The SMILES string of the molecule is N#Cc1cc(-c2ccnc(C=Cc3ccc(CN4CCOCC4)cc3)c2)n(OC(=O)C(F)(F)F)c1N1CCNCC1. The lowest BCUT2D eigenvalue weighted by atomic mass is 10.1. The predicted molar refractivity (Wildman–Crippen MR) is 147 cm³/mol. The Labute approximate surface area is 235 Å². The number of carbonyl (C=O) groups excluding carboxylic acids is 1. The molecule has 214 valence electrons. The topological polar surface area (TPSA) is 95.6 Å². The maximum Gasteiger partial charge on any atom is 0.493 e. The molecule has 2 saturated heterocycles. The van der Waals surface area contributed by atoms with Crippen LogP contribution in [0.1, 0.15) is 22.4 Å². The van der Waals surface area contributed by atoms with E-state index in [0.717, 1.165) is 43.1 Å². The molecule has 5 rings (SSSR count). The van der Waals surface area contributed by atoms with Crippen LogP contribution in [0.3, 0.4) is 0 Å². The first-order valence-corrected chi connectivity index (χ1v) is 13.3. The number of morpholine rings is 1. The molecule has 2 fully saturated rings. The maximum absolute atomic E-state index is 13.2. The lowest BCUT2D eigenvalue weighted by molar-refractivity contribution is -0.199. The summed E-state index contributed by atoms with van der Waals surface area (Å²) in [5.41, 5.74) is 3.37. The molecule has 2 aromatic heterocycles. The number of aromatic nitrogens is 2. The number of anilines is 1. The average Bonchev–Trinajstić information content (AvgIpc) is 3.35. The smallest absolute Gasteiger partial charge is 0.379 e. The van der Waals surface area contributed by atoms with Crippen LogP contribution in [0.5, 0.6) is 0 Å². The first-order chi connectivity index (χ1) is 19.8. The highest BCUT2D eigenvalue weighted by Crippen LogP contribution is 2.32. The van der Waals surface area contributed by atoms with Crippen LogP contribution in [-0.4, -0.2) is 79.2 Å². The highest BCUT2D eigenvalue weighted by Gasteiger charge is 2.43. The molecule has 1 aromatic carbocycles. The summed E-state index contributed by atoms with van der Waals surface area (Å²) in [5.74, 6) is -2.27. The van der Waals surface area contributed by atoms with E-state index in [1.807, 2.05) is 24.3 Å². The van der Waals surface area contributed by atoms with Gasteiger partial charge in [-0.05, 0) is 35.4 Å². The molecule has 0 aliphatic carbocycles. The highest BCUT2D eigenvalue weighted by molar-refractivity contribution is 5.79. The molecular formula is C29H29F3N6O3. The number of nitrogens with one attached hydrogen (secondary N) is 1. The lowest BCUT2D eigenvalue weighted by Gasteiger charge is -2.30. The maximum atomic E-state index is 13.2. The molecule has 0 atom stereocenters. The van der Waals surface area contributed by atoms with E-state index in [2.05, 4.69) is 27.3 Å². The van der Waals surface area contributed by atoms with Crippen molar-refractivity contribution in [2.75, 3.05) is 57.4 Å². The molecule has 9 nitrogen and oxygen atoms in total. The molecule has 4 heterocycles. The summed E-state index contributed by atoms with van der Waals surface area (Å²) in [6.45, 7) is 6.16. The van der Waals surface area contributed by atoms with Gasteiger partial charge in [-0.15, -0.1) is 0 Å². The van der Waals surface area contributed by atoms with Gasteiger partial charge in [0, 0.05) is 57.6 Å². The fraction of sp³-hybridized carbons (Fsp3) is 0.345. The van der Waals surface area contributed by atoms with Crippen molar-refractivity contribution in [2.45, 2.75) is 12.7 Å². The monoisotopic (exact) mass is 566 g/mol. The summed E-state index contributed by atoms with van der Waals surface area (Å²) >= 11 is 0. The summed E-state index contributed by atoms with van der Waals surface area (Å²) in [4.78, 5) is 25.2. The third-order valence-corrected chi connectivity index (χ3v) is 6.89. The molecule has 2 aliphatic rings. The van der Waals surface area contributed by atoms with Gasteiger partial charge in [0.15, 0.2) is 5.82 Å². The second-order valence-electron chi connectivity index (χ2n) is 9.72. The normalized spacial score (nSPS) is 16.6. The van der Waals surface area contributed by atoms with Gasteiger partial charge in [-0.1, -0.05) is 30.3 Å². The molecule has 41 heavy (non-hydrogen) atoms. The average molecular weight is 567 g/mol. The van der Waals surface area contributed by atoms with Crippen LogP contribution in [0.2, 0.25) is 0 Å². The Kier molecular flexibility index (Phi) is 8.68. The molecule has 0 amide bonds.